The van der Waals surface area contributed by atoms with Crippen molar-refractivity contribution in [1.82, 2.24) is 20.1 Å². The number of benzene rings is 2. The molecule has 2 unspecified atom stereocenters. The summed E-state index contributed by atoms with van der Waals surface area (Å²) in [5.74, 6) is -10.4. The number of rotatable bonds is 10. The number of carbonyl (C=O) groups excluding carboxylic acids is 2. The number of pyridine rings is 1. The highest BCUT2D eigenvalue weighted by Crippen LogP contribution is 2.68. The molecule has 0 aliphatic heterocycles. The molecule has 7 nitrogen and oxygen atoms in total. The molecule has 2 aromatic carbocycles. The third kappa shape index (κ3) is 5.64. The molecule has 4 aromatic rings. The molecule has 14 heteroatoms. The Morgan fingerprint density at radius 1 is 1.04 bits per heavy atom. The van der Waals surface area contributed by atoms with Crippen molar-refractivity contribution >= 4 is 11.8 Å². The Kier molecular flexibility index (Phi) is 7.61. The number of hydrogen-bond acceptors (Lipinski definition) is 4. The number of amides is 2. The molecule has 2 heterocycles. The van der Waals surface area contributed by atoms with Gasteiger partial charge in [-0.15, -0.1) is 0 Å². The van der Waals surface area contributed by atoms with Gasteiger partial charge in [0.05, 0.1) is 11.3 Å². The summed E-state index contributed by atoms with van der Waals surface area (Å²) in [5, 5.41) is 6.24. The topological polar surface area (TPSA) is 103 Å². The van der Waals surface area contributed by atoms with Crippen LogP contribution in [0.15, 0.2) is 54.7 Å². The van der Waals surface area contributed by atoms with Crippen LogP contribution in [0, 0.1) is 23.4 Å². The number of alkyl halides is 4. The third-order valence-electron chi connectivity index (χ3n) is 8.18. The molecule has 234 valence electrons. The lowest BCUT2D eigenvalue weighted by Gasteiger charge is -2.21. The van der Waals surface area contributed by atoms with E-state index < -0.39 is 77.3 Å². The van der Waals surface area contributed by atoms with Crippen LogP contribution in [-0.4, -0.2) is 33.1 Å². The van der Waals surface area contributed by atoms with Gasteiger partial charge >= 0.3 is 0 Å². The molecule has 0 bridgehead atoms. The molecular weight excluding hydrogens is 607 g/mol. The Balaban J connectivity index is 1.31. The molecule has 2 aromatic heterocycles. The van der Waals surface area contributed by atoms with Gasteiger partial charge in [-0.2, -0.15) is 13.9 Å². The fraction of sp³-hybridized carbons (Fsp3) is 0.290. The second-order valence-corrected chi connectivity index (χ2v) is 11.2. The Labute approximate surface area is 251 Å². The highest BCUT2D eigenvalue weighted by Gasteiger charge is 2.67. The summed E-state index contributed by atoms with van der Waals surface area (Å²) in [6, 6.07) is 9.68. The summed E-state index contributed by atoms with van der Waals surface area (Å²) < 4.78 is 100. The van der Waals surface area contributed by atoms with Crippen molar-refractivity contribution in [3.63, 3.8) is 0 Å². The van der Waals surface area contributed by atoms with Crippen molar-refractivity contribution in [2.24, 2.45) is 11.7 Å². The molecular formula is C31H24F7N5O2. The second kappa shape index (κ2) is 11.3. The number of fused-ring (bicyclic) bond motifs is 3. The highest BCUT2D eigenvalue weighted by atomic mass is 19.3. The minimum Gasteiger partial charge on any atom is -0.366 e. The van der Waals surface area contributed by atoms with E-state index in [0.717, 1.165) is 18.2 Å². The Hall–Kier alpha value is -4.75. The summed E-state index contributed by atoms with van der Waals surface area (Å²) in [5.41, 5.74) is 4.48. The minimum absolute atomic E-state index is 0.0708. The van der Waals surface area contributed by atoms with Crippen LogP contribution < -0.4 is 11.1 Å². The number of nitrogens with zero attached hydrogens (tertiary/aromatic N) is 3. The predicted molar refractivity (Wildman–Crippen MR) is 146 cm³/mol. The van der Waals surface area contributed by atoms with Crippen molar-refractivity contribution in [2.45, 2.75) is 43.6 Å². The molecule has 2 aliphatic carbocycles. The third-order valence-corrected chi connectivity index (χ3v) is 8.18. The van der Waals surface area contributed by atoms with Gasteiger partial charge < -0.3 is 11.1 Å². The van der Waals surface area contributed by atoms with Gasteiger partial charge in [-0.25, -0.2) is 22.0 Å². The average Bonchev–Trinajstić information content (AvgIpc) is 3.63. The van der Waals surface area contributed by atoms with Crippen LogP contribution >= 0.6 is 0 Å². The maximum atomic E-state index is 15.0. The SMILES string of the molecule is NC(=O)c1cc(-c2cccnc2[C@@H](CNC(=O)Cn2nc(C(F)F)c3c2C(F)(F)C2CC32)Cc2cc(F)cc(F)c2)ccc1F. The molecule has 2 amide bonds. The maximum Gasteiger partial charge on any atom is 0.293 e. The lowest BCUT2D eigenvalue weighted by Crippen LogP contribution is -2.34. The van der Waals surface area contributed by atoms with E-state index in [-0.39, 0.29) is 41.8 Å². The molecule has 6 rings (SSSR count). The van der Waals surface area contributed by atoms with E-state index in [9.17, 15) is 40.3 Å². The molecule has 0 saturated heterocycles. The monoisotopic (exact) mass is 631 g/mol. The van der Waals surface area contributed by atoms with Gasteiger partial charge in [0, 0.05) is 41.8 Å². The fourth-order valence-electron chi connectivity index (χ4n) is 6.15. The lowest BCUT2D eigenvalue weighted by molar-refractivity contribution is -0.122. The Bertz CT molecular complexity index is 1810. The van der Waals surface area contributed by atoms with E-state index >= 15 is 0 Å². The number of nitrogens with two attached hydrogens (primary N) is 1. The second-order valence-electron chi connectivity index (χ2n) is 11.2. The van der Waals surface area contributed by atoms with Gasteiger partial charge in [-0.1, -0.05) is 12.1 Å². The molecule has 2 aliphatic rings. The molecule has 1 fully saturated rings. The number of halogens is 7. The zero-order valence-corrected chi connectivity index (χ0v) is 23.2. The van der Waals surface area contributed by atoms with E-state index in [1.807, 2.05) is 0 Å². The van der Waals surface area contributed by atoms with Gasteiger partial charge in [0.15, 0.2) is 0 Å². The highest BCUT2D eigenvalue weighted by molar-refractivity contribution is 5.94. The van der Waals surface area contributed by atoms with Crippen LogP contribution in [-0.2, 0) is 23.7 Å². The van der Waals surface area contributed by atoms with E-state index in [1.54, 1.807) is 12.1 Å². The van der Waals surface area contributed by atoms with Crippen molar-refractivity contribution in [3.8, 4) is 11.1 Å². The Morgan fingerprint density at radius 3 is 2.47 bits per heavy atom. The lowest BCUT2D eigenvalue weighted by atomic mass is 9.89. The molecule has 3 atom stereocenters. The van der Waals surface area contributed by atoms with Crippen LogP contribution in [0.1, 0.15) is 63.2 Å². The van der Waals surface area contributed by atoms with Crippen molar-refractivity contribution < 1.29 is 40.3 Å². The van der Waals surface area contributed by atoms with E-state index in [4.69, 9.17) is 5.73 Å². The average molecular weight is 632 g/mol. The summed E-state index contributed by atoms with van der Waals surface area (Å²) in [6.07, 6.45) is -1.68. The molecule has 0 spiro atoms. The molecule has 3 N–H and O–H groups in total. The van der Waals surface area contributed by atoms with E-state index in [1.165, 1.54) is 18.3 Å². The first-order chi connectivity index (χ1) is 21.3. The van der Waals surface area contributed by atoms with Gasteiger partial charge in [0.25, 0.3) is 18.3 Å². The summed E-state index contributed by atoms with van der Waals surface area (Å²) in [6.45, 7) is -1.02. The number of aromatic nitrogens is 3. The first kappa shape index (κ1) is 30.3. The number of carbonyl (C=O) groups is 2. The summed E-state index contributed by atoms with van der Waals surface area (Å²) >= 11 is 0. The number of nitrogens with one attached hydrogen (secondary N) is 1. The summed E-state index contributed by atoms with van der Waals surface area (Å²) in [4.78, 5) is 29.3. The van der Waals surface area contributed by atoms with Gasteiger partial charge in [-0.3, -0.25) is 19.3 Å². The maximum absolute atomic E-state index is 15.0. The van der Waals surface area contributed by atoms with Crippen LogP contribution in [0.4, 0.5) is 30.7 Å². The summed E-state index contributed by atoms with van der Waals surface area (Å²) in [7, 11) is 0. The first-order valence-corrected chi connectivity index (χ1v) is 13.9. The smallest absolute Gasteiger partial charge is 0.293 e. The van der Waals surface area contributed by atoms with Crippen LogP contribution in [0.2, 0.25) is 0 Å². The largest absolute Gasteiger partial charge is 0.366 e. The molecule has 45 heavy (non-hydrogen) atoms. The van der Waals surface area contributed by atoms with Crippen LogP contribution in [0.25, 0.3) is 11.1 Å². The van der Waals surface area contributed by atoms with Gasteiger partial charge in [0.1, 0.15) is 35.4 Å². The van der Waals surface area contributed by atoms with Crippen molar-refractivity contribution in [1.29, 1.82) is 0 Å². The fourth-order valence-corrected chi connectivity index (χ4v) is 6.15. The van der Waals surface area contributed by atoms with E-state index in [0.29, 0.717) is 21.9 Å². The van der Waals surface area contributed by atoms with Crippen molar-refractivity contribution in [2.75, 3.05) is 6.54 Å². The standard InChI is InChI=1S/C31H24F7N5O2/c32-17-7-14(8-18(33)10-17)6-16(26-19(2-1-5-40-26)15-3-4-23(34)21(9-15)30(39)45)12-41-24(44)13-43-28-25(27(42-43)29(35)36)20-11-22(20)31(28,37)38/h1-5,7-10,16,20,22,29H,6,11-13H2,(H2,39,45)(H,41,44)/t16-,20?,22?/m1/s1. The quantitative estimate of drug-likeness (QED) is 0.218. The zero-order chi connectivity index (χ0) is 32.2. The van der Waals surface area contributed by atoms with E-state index in [2.05, 4.69) is 15.4 Å². The van der Waals surface area contributed by atoms with Gasteiger partial charge in [-0.05, 0) is 60.2 Å². The molecule has 0 radical (unpaired) electrons. The van der Waals surface area contributed by atoms with Crippen LogP contribution in [0.3, 0.4) is 0 Å². The van der Waals surface area contributed by atoms with Crippen LogP contribution in [0.5, 0.6) is 0 Å². The predicted octanol–water partition coefficient (Wildman–Crippen LogP) is 5.75. The number of primary amides is 1. The van der Waals surface area contributed by atoms with Gasteiger partial charge in [0.2, 0.25) is 5.91 Å². The number of hydrogen-bond donors (Lipinski definition) is 2. The zero-order valence-electron chi connectivity index (χ0n) is 23.2. The molecule has 1 saturated carbocycles. The first-order valence-electron chi connectivity index (χ1n) is 13.9. The van der Waals surface area contributed by atoms with Crippen molar-refractivity contribution in [3.05, 3.63) is 106 Å². The normalized spacial score (nSPS) is 18.4. The minimum atomic E-state index is -3.41. The Morgan fingerprint density at radius 2 is 1.78 bits per heavy atom.